The van der Waals surface area contributed by atoms with E-state index >= 15 is 0 Å². The summed E-state index contributed by atoms with van der Waals surface area (Å²) in [7, 11) is 1.63. The monoisotopic (exact) mass is 223 g/mol. The van der Waals surface area contributed by atoms with E-state index in [0.29, 0.717) is 12.2 Å². The van der Waals surface area contributed by atoms with Crippen LogP contribution in [-0.4, -0.2) is 30.8 Å². The number of carbonyl (C=O) groups excluding carboxylic acids is 1. The zero-order valence-electron chi connectivity index (χ0n) is 9.56. The number of benzene rings is 1. The van der Waals surface area contributed by atoms with Gasteiger partial charge in [-0.15, -0.1) is 0 Å². The number of ether oxygens (including phenoxy) is 1. The van der Waals surface area contributed by atoms with E-state index in [-0.39, 0.29) is 18.6 Å². The van der Waals surface area contributed by atoms with Crippen molar-refractivity contribution in [2.45, 2.75) is 19.6 Å². The Morgan fingerprint density at radius 1 is 1.44 bits per heavy atom. The lowest BCUT2D eigenvalue weighted by atomic mass is 10.1. The summed E-state index contributed by atoms with van der Waals surface area (Å²) in [4.78, 5) is 11.6. The van der Waals surface area contributed by atoms with Crippen LogP contribution in [0.25, 0.3) is 0 Å². The first-order chi connectivity index (χ1) is 7.67. The van der Waals surface area contributed by atoms with E-state index in [1.807, 2.05) is 12.1 Å². The molecule has 0 saturated carbocycles. The maximum Gasteiger partial charge on any atom is 0.251 e. The summed E-state index contributed by atoms with van der Waals surface area (Å²) in [6.07, 6.45) is 0. The molecule has 88 valence electrons. The molecule has 1 amide bonds. The number of nitrogens with one attached hydrogen (secondary N) is 1. The number of methoxy groups -OCH3 is 1. The van der Waals surface area contributed by atoms with Crippen molar-refractivity contribution in [3.8, 4) is 0 Å². The van der Waals surface area contributed by atoms with Gasteiger partial charge in [0.1, 0.15) is 0 Å². The molecule has 1 aromatic rings. The molecule has 0 heterocycles. The lowest BCUT2D eigenvalue weighted by Gasteiger charge is -2.10. The molecule has 0 fully saturated rings. The summed E-state index contributed by atoms with van der Waals surface area (Å²) in [5.41, 5.74) is 1.61. The van der Waals surface area contributed by atoms with Crippen molar-refractivity contribution in [2.24, 2.45) is 0 Å². The fourth-order valence-electron chi connectivity index (χ4n) is 1.27. The Balaban J connectivity index is 2.63. The second-order valence-corrected chi connectivity index (χ2v) is 3.69. The van der Waals surface area contributed by atoms with Crippen LogP contribution in [0.3, 0.4) is 0 Å². The second kappa shape index (κ2) is 6.25. The van der Waals surface area contributed by atoms with Crippen molar-refractivity contribution in [2.75, 3.05) is 13.7 Å². The molecule has 4 nitrogen and oxygen atoms in total. The molecule has 0 aromatic heterocycles. The van der Waals surface area contributed by atoms with Crippen LogP contribution in [0.1, 0.15) is 22.8 Å². The molecule has 0 aliphatic rings. The lowest BCUT2D eigenvalue weighted by Crippen LogP contribution is -2.34. The first-order valence-corrected chi connectivity index (χ1v) is 5.17. The third-order valence-corrected chi connectivity index (χ3v) is 2.18. The van der Waals surface area contributed by atoms with Gasteiger partial charge in [0.05, 0.1) is 13.2 Å². The minimum absolute atomic E-state index is 0.0620. The third kappa shape index (κ3) is 3.64. The molecule has 1 atom stereocenters. The molecule has 0 saturated heterocycles. The Morgan fingerprint density at radius 2 is 2.06 bits per heavy atom. The Hall–Kier alpha value is -1.39. The summed E-state index contributed by atoms with van der Waals surface area (Å²) in [6.45, 7) is 2.22. The van der Waals surface area contributed by atoms with Gasteiger partial charge in [-0.05, 0) is 24.6 Å². The smallest absolute Gasteiger partial charge is 0.251 e. The fraction of sp³-hybridized carbons (Fsp3) is 0.417. The Labute approximate surface area is 95.2 Å². The first-order valence-electron chi connectivity index (χ1n) is 5.17. The van der Waals surface area contributed by atoms with E-state index < -0.39 is 0 Å². The molecule has 16 heavy (non-hydrogen) atoms. The minimum Gasteiger partial charge on any atom is -0.394 e. The normalized spacial score (nSPS) is 12.2. The van der Waals surface area contributed by atoms with Crippen LogP contribution >= 0.6 is 0 Å². The van der Waals surface area contributed by atoms with E-state index in [1.165, 1.54) is 0 Å². The number of aliphatic hydroxyl groups excluding tert-OH is 1. The van der Waals surface area contributed by atoms with Gasteiger partial charge in [0.15, 0.2) is 0 Å². The number of hydrogen-bond donors (Lipinski definition) is 2. The summed E-state index contributed by atoms with van der Waals surface area (Å²) in [5.74, 6) is -0.175. The highest BCUT2D eigenvalue weighted by atomic mass is 16.5. The van der Waals surface area contributed by atoms with Crippen molar-refractivity contribution in [1.82, 2.24) is 5.32 Å². The topological polar surface area (TPSA) is 58.6 Å². The van der Waals surface area contributed by atoms with Crippen LogP contribution in [0, 0.1) is 0 Å². The Kier molecular flexibility index (Phi) is 4.95. The molecule has 4 heteroatoms. The van der Waals surface area contributed by atoms with Crippen LogP contribution in [0.2, 0.25) is 0 Å². The van der Waals surface area contributed by atoms with E-state index in [0.717, 1.165) is 5.56 Å². The van der Waals surface area contributed by atoms with Crippen LogP contribution < -0.4 is 5.32 Å². The molecule has 0 bridgehead atoms. The van der Waals surface area contributed by atoms with Crippen molar-refractivity contribution >= 4 is 5.91 Å². The molecule has 0 aliphatic carbocycles. The summed E-state index contributed by atoms with van der Waals surface area (Å²) in [6, 6.07) is 6.96. The highest BCUT2D eigenvalue weighted by Gasteiger charge is 2.08. The highest BCUT2D eigenvalue weighted by Crippen LogP contribution is 2.05. The van der Waals surface area contributed by atoms with Gasteiger partial charge in [0.2, 0.25) is 0 Å². The van der Waals surface area contributed by atoms with Crippen LogP contribution in [0.5, 0.6) is 0 Å². The maximum atomic E-state index is 11.6. The van der Waals surface area contributed by atoms with Crippen molar-refractivity contribution < 1.29 is 14.6 Å². The van der Waals surface area contributed by atoms with Crippen LogP contribution in [0.4, 0.5) is 0 Å². The zero-order valence-corrected chi connectivity index (χ0v) is 9.56. The van der Waals surface area contributed by atoms with Gasteiger partial charge in [-0.25, -0.2) is 0 Å². The van der Waals surface area contributed by atoms with Gasteiger partial charge in [-0.1, -0.05) is 12.1 Å². The van der Waals surface area contributed by atoms with Crippen molar-refractivity contribution in [3.05, 3.63) is 35.4 Å². The largest absolute Gasteiger partial charge is 0.394 e. The first kappa shape index (κ1) is 12.7. The number of rotatable bonds is 5. The predicted molar refractivity (Wildman–Crippen MR) is 61.2 cm³/mol. The van der Waals surface area contributed by atoms with Gasteiger partial charge in [-0.2, -0.15) is 0 Å². The molecule has 1 rings (SSSR count). The van der Waals surface area contributed by atoms with Gasteiger partial charge in [-0.3, -0.25) is 4.79 Å². The van der Waals surface area contributed by atoms with Crippen molar-refractivity contribution in [1.29, 1.82) is 0 Å². The molecule has 0 radical (unpaired) electrons. The van der Waals surface area contributed by atoms with Crippen LogP contribution in [0.15, 0.2) is 24.3 Å². The van der Waals surface area contributed by atoms with Crippen molar-refractivity contribution in [3.63, 3.8) is 0 Å². The molecule has 0 aliphatic heterocycles. The van der Waals surface area contributed by atoms with Gasteiger partial charge >= 0.3 is 0 Å². The standard InChI is InChI=1S/C12H17NO3/c1-9(7-14)13-12(15)11-5-3-10(4-6-11)8-16-2/h3-6,9,14H,7-8H2,1-2H3,(H,13,15)/t9-/m0/s1. The maximum absolute atomic E-state index is 11.6. The average Bonchev–Trinajstić information content (AvgIpc) is 2.30. The molecule has 0 spiro atoms. The number of aliphatic hydroxyl groups is 1. The minimum atomic E-state index is -0.230. The Bertz CT molecular complexity index is 335. The van der Waals surface area contributed by atoms with E-state index in [4.69, 9.17) is 9.84 Å². The third-order valence-electron chi connectivity index (χ3n) is 2.18. The highest BCUT2D eigenvalue weighted by molar-refractivity contribution is 5.94. The SMILES string of the molecule is COCc1ccc(C(=O)N[C@@H](C)CO)cc1. The molecular weight excluding hydrogens is 206 g/mol. The van der Waals surface area contributed by atoms with E-state index in [1.54, 1.807) is 26.2 Å². The zero-order chi connectivity index (χ0) is 12.0. The van der Waals surface area contributed by atoms with Gasteiger partial charge in [0.25, 0.3) is 5.91 Å². The molecule has 1 aromatic carbocycles. The molecular formula is C12H17NO3. The second-order valence-electron chi connectivity index (χ2n) is 3.69. The summed E-state index contributed by atoms with van der Waals surface area (Å²) < 4.78 is 4.98. The number of carbonyl (C=O) groups is 1. The lowest BCUT2D eigenvalue weighted by molar-refractivity contribution is 0.0922. The Morgan fingerprint density at radius 3 is 2.56 bits per heavy atom. The van der Waals surface area contributed by atoms with Gasteiger partial charge < -0.3 is 15.2 Å². The number of hydrogen-bond acceptors (Lipinski definition) is 3. The quantitative estimate of drug-likeness (QED) is 0.781. The number of amides is 1. The molecule has 2 N–H and O–H groups in total. The van der Waals surface area contributed by atoms with E-state index in [9.17, 15) is 4.79 Å². The average molecular weight is 223 g/mol. The van der Waals surface area contributed by atoms with Gasteiger partial charge in [0, 0.05) is 18.7 Å². The van der Waals surface area contributed by atoms with Crippen LogP contribution in [-0.2, 0) is 11.3 Å². The summed E-state index contributed by atoms with van der Waals surface area (Å²) in [5, 5.41) is 11.5. The molecule has 0 unspecified atom stereocenters. The summed E-state index contributed by atoms with van der Waals surface area (Å²) >= 11 is 0. The van der Waals surface area contributed by atoms with E-state index in [2.05, 4.69) is 5.32 Å². The predicted octanol–water partition coefficient (Wildman–Crippen LogP) is 0.944. The fourth-order valence-corrected chi connectivity index (χ4v) is 1.27.